The average Bonchev–Trinajstić information content (AvgIpc) is 2.53. The third kappa shape index (κ3) is 2.58. The summed E-state index contributed by atoms with van der Waals surface area (Å²) < 4.78 is 2.00. The molecule has 0 aliphatic rings. The molecule has 4 heteroatoms. The van der Waals surface area contributed by atoms with E-state index in [4.69, 9.17) is 5.73 Å². The molecule has 78 valence electrons. The van der Waals surface area contributed by atoms with Gasteiger partial charge >= 0.3 is 0 Å². The monoisotopic (exact) mass is 195 g/mol. The Labute approximate surface area is 84.1 Å². The summed E-state index contributed by atoms with van der Waals surface area (Å²) in [4.78, 5) is 15.1. The maximum atomic E-state index is 10.9. The van der Waals surface area contributed by atoms with Crippen molar-refractivity contribution in [3.8, 4) is 0 Å². The third-order valence-corrected chi connectivity index (χ3v) is 2.23. The molecule has 0 saturated carbocycles. The van der Waals surface area contributed by atoms with Crippen LogP contribution >= 0.6 is 0 Å². The average molecular weight is 195 g/mol. The summed E-state index contributed by atoms with van der Waals surface area (Å²) in [7, 11) is 0. The normalized spacial score (nSPS) is 12.7. The number of carbonyl (C=O) groups excluding carboxylic acids is 1. The summed E-state index contributed by atoms with van der Waals surface area (Å²) >= 11 is 0. The molecule has 14 heavy (non-hydrogen) atoms. The van der Waals surface area contributed by atoms with E-state index in [2.05, 4.69) is 11.9 Å². The first-order chi connectivity index (χ1) is 6.65. The Hall–Kier alpha value is -1.32. The lowest BCUT2D eigenvalue weighted by atomic mass is 10.1. The number of imidazole rings is 1. The van der Waals surface area contributed by atoms with Gasteiger partial charge in [0, 0.05) is 25.4 Å². The van der Waals surface area contributed by atoms with Crippen LogP contribution in [0.1, 0.15) is 26.1 Å². The highest BCUT2D eigenvalue weighted by atomic mass is 16.1. The standard InChI is InChI=1S/C10H17N3O/c1-3-4-9-12-5-6-13(9)7-8(2)10(11)14/h5-6,8H,3-4,7H2,1-2H3,(H2,11,14). The molecule has 0 radical (unpaired) electrons. The molecule has 1 amide bonds. The van der Waals surface area contributed by atoms with Gasteiger partial charge in [-0.05, 0) is 6.42 Å². The van der Waals surface area contributed by atoms with Gasteiger partial charge in [0.15, 0.2) is 0 Å². The van der Waals surface area contributed by atoms with Gasteiger partial charge in [-0.25, -0.2) is 4.98 Å². The molecular weight excluding hydrogens is 178 g/mol. The third-order valence-electron chi connectivity index (χ3n) is 2.23. The molecule has 0 aromatic carbocycles. The van der Waals surface area contributed by atoms with Crippen molar-refractivity contribution in [2.75, 3.05) is 0 Å². The maximum Gasteiger partial charge on any atom is 0.222 e. The Morgan fingerprint density at radius 2 is 2.43 bits per heavy atom. The zero-order valence-corrected chi connectivity index (χ0v) is 8.73. The van der Waals surface area contributed by atoms with Crippen LogP contribution in [0.3, 0.4) is 0 Å². The molecule has 2 N–H and O–H groups in total. The zero-order chi connectivity index (χ0) is 10.6. The summed E-state index contributed by atoms with van der Waals surface area (Å²) in [6.07, 6.45) is 5.66. The van der Waals surface area contributed by atoms with E-state index >= 15 is 0 Å². The van der Waals surface area contributed by atoms with Gasteiger partial charge in [-0.1, -0.05) is 13.8 Å². The molecule has 1 unspecified atom stereocenters. The number of aryl methyl sites for hydroxylation is 1. The lowest BCUT2D eigenvalue weighted by Gasteiger charge is -2.10. The fourth-order valence-electron chi connectivity index (χ4n) is 1.34. The van der Waals surface area contributed by atoms with Gasteiger partial charge in [-0.3, -0.25) is 4.79 Å². The minimum absolute atomic E-state index is 0.139. The van der Waals surface area contributed by atoms with Gasteiger partial charge in [0.05, 0.1) is 5.92 Å². The topological polar surface area (TPSA) is 60.9 Å². The number of primary amides is 1. The lowest BCUT2D eigenvalue weighted by molar-refractivity contribution is -0.121. The minimum Gasteiger partial charge on any atom is -0.369 e. The molecule has 1 aromatic rings. The van der Waals surface area contributed by atoms with Crippen LogP contribution in [0.2, 0.25) is 0 Å². The molecular formula is C10H17N3O. The van der Waals surface area contributed by atoms with Crippen LogP contribution < -0.4 is 5.73 Å². The number of hydrogen-bond donors (Lipinski definition) is 1. The van der Waals surface area contributed by atoms with Crippen LogP contribution in [-0.4, -0.2) is 15.5 Å². The minimum atomic E-state index is -0.263. The van der Waals surface area contributed by atoms with Crippen LogP contribution in [0.5, 0.6) is 0 Å². The summed E-state index contributed by atoms with van der Waals surface area (Å²) in [5, 5.41) is 0. The van der Waals surface area contributed by atoms with Gasteiger partial charge in [0.1, 0.15) is 5.82 Å². The lowest BCUT2D eigenvalue weighted by Crippen LogP contribution is -2.25. The highest BCUT2D eigenvalue weighted by Crippen LogP contribution is 2.05. The molecule has 1 heterocycles. The number of rotatable bonds is 5. The number of nitrogens with zero attached hydrogens (tertiary/aromatic N) is 2. The van der Waals surface area contributed by atoms with Gasteiger partial charge < -0.3 is 10.3 Å². The van der Waals surface area contributed by atoms with Crippen molar-refractivity contribution >= 4 is 5.91 Å². The van der Waals surface area contributed by atoms with Gasteiger partial charge in [-0.2, -0.15) is 0 Å². The molecule has 0 spiro atoms. The molecule has 1 atom stereocenters. The smallest absolute Gasteiger partial charge is 0.222 e. The summed E-state index contributed by atoms with van der Waals surface area (Å²) in [5.41, 5.74) is 5.20. The van der Waals surface area contributed by atoms with Crippen LogP contribution in [0, 0.1) is 5.92 Å². The Balaban J connectivity index is 2.66. The van der Waals surface area contributed by atoms with E-state index in [0.717, 1.165) is 18.7 Å². The Bertz CT molecular complexity index is 306. The van der Waals surface area contributed by atoms with Crippen molar-refractivity contribution in [3.05, 3.63) is 18.2 Å². The number of carbonyl (C=O) groups is 1. The zero-order valence-electron chi connectivity index (χ0n) is 8.73. The Kier molecular flexibility index (Phi) is 3.68. The van der Waals surface area contributed by atoms with E-state index in [0.29, 0.717) is 6.54 Å². The molecule has 0 saturated heterocycles. The number of hydrogen-bond acceptors (Lipinski definition) is 2. The van der Waals surface area contributed by atoms with E-state index in [1.807, 2.05) is 17.7 Å². The van der Waals surface area contributed by atoms with Crippen molar-refractivity contribution in [3.63, 3.8) is 0 Å². The molecule has 0 aliphatic heterocycles. The molecule has 0 fully saturated rings. The van der Waals surface area contributed by atoms with Crippen molar-refractivity contribution in [1.82, 2.24) is 9.55 Å². The molecule has 0 aliphatic carbocycles. The van der Waals surface area contributed by atoms with Gasteiger partial charge in [0.25, 0.3) is 0 Å². The van der Waals surface area contributed by atoms with E-state index in [9.17, 15) is 4.79 Å². The summed E-state index contributed by atoms with van der Waals surface area (Å²) in [6, 6.07) is 0. The highest BCUT2D eigenvalue weighted by Gasteiger charge is 2.11. The predicted octanol–water partition coefficient (Wildman–Crippen LogP) is 0.957. The van der Waals surface area contributed by atoms with Crippen molar-refractivity contribution in [2.45, 2.75) is 33.2 Å². The second-order valence-electron chi connectivity index (χ2n) is 3.55. The quantitative estimate of drug-likeness (QED) is 0.760. The second kappa shape index (κ2) is 4.79. The van der Waals surface area contributed by atoms with Crippen LogP contribution in [0.4, 0.5) is 0 Å². The van der Waals surface area contributed by atoms with Crippen LogP contribution in [0.25, 0.3) is 0 Å². The number of nitrogens with two attached hydrogens (primary N) is 1. The molecule has 4 nitrogen and oxygen atoms in total. The number of aromatic nitrogens is 2. The first-order valence-corrected chi connectivity index (χ1v) is 4.94. The fraction of sp³-hybridized carbons (Fsp3) is 0.600. The second-order valence-corrected chi connectivity index (χ2v) is 3.55. The molecule has 1 rings (SSSR count). The van der Waals surface area contributed by atoms with Gasteiger partial charge in [0.2, 0.25) is 5.91 Å². The first kappa shape index (κ1) is 10.8. The van der Waals surface area contributed by atoms with Crippen molar-refractivity contribution < 1.29 is 4.79 Å². The fourth-order valence-corrected chi connectivity index (χ4v) is 1.34. The first-order valence-electron chi connectivity index (χ1n) is 4.94. The van der Waals surface area contributed by atoms with Crippen molar-refractivity contribution in [1.29, 1.82) is 0 Å². The number of amides is 1. The Morgan fingerprint density at radius 1 is 1.71 bits per heavy atom. The van der Waals surface area contributed by atoms with E-state index in [1.54, 1.807) is 6.20 Å². The molecule has 0 bridgehead atoms. The van der Waals surface area contributed by atoms with Crippen LogP contribution in [-0.2, 0) is 17.8 Å². The van der Waals surface area contributed by atoms with Crippen molar-refractivity contribution in [2.24, 2.45) is 11.7 Å². The maximum absolute atomic E-state index is 10.9. The van der Waals surface area contributed by atoms with E-state index in [1.165, 1.54) is 0 Å². The van der Waals surface area contributed by atoms with E-state index < -0.39 is 0 Å². The van der Waals surface area contributed by atoms with Gasteiger partial charge in [-0.15, -0.1) is 0 Å². The predicted molar refractivity (Wildman–Crippen MR) is 54.6 cm³/mol. The largest absolute Gasteiger partial charge is 0.369 e. The Morgan fingerprint density at radius 3 is 3.00 bits per heavy atom. The van der Waals surface area contributed by atoms with E-state index in [-0.39, 0.29) is 11.8 Å². The highest BCUT2D eigenvalue weighted by molar-refractivity contribution is 5.76. The van der Waals surface area contributed by atoms with Crippen LogP contribution in [0.15, 0.2) is 12.4 Å². The summed E-state index contributed by atoms with van der Waals surface area (Å²) in [5.74, 6) is 0.626. The summed E-state index contributed by atoms with van der Waals surface area (Å²) in [6.45, 7) is 4.57. The molecule has 1 aromatic heterocycles. The SMILES string of the molecule is CCCc1nccn1CC(C)C(N)=O.